The number of nitrogens with zero attached hydrogens (tertiary/aromatic N) is 1. The molecule has 1 aromatic rings. The lowest BCUT2D eigenvalue weighted by molar-refractivity contribution is -0.125. The molecule has 0 atom stereocenters. The first kappa shape index (κ1) is 17.0. The van der Waals surface area contributed by atoms with Crippen LogP contribution >= 0.6 is 0 Å². The van der Waals surface area contributed by atoms with Crippen LogP contribution in [0.5, 0.6) is 0 Å². The van der Waals surface area contributed by atoms with Crippen molar-refractivity contribution in [2.75, 3.05) is 20.1 Å². The monoisotopic (exact) mass is 303 g/mol. The topological polar surface area (TPSA) is 61.4 Å². The van der Waals surface area contributed by atoms with Gasteiger partial charge in [0.05, 0.1) is 6.54 Å². The van der Waals surface area contributed by atoms with Crippen molar-refractivity contribution >= 4 is 11.9 Å². The third-order valence-corrected chi connectivity index (χ3v) is 2.41. The Kier molecular flexibility index (Phi) is 6.16. The highest BCUT2D eigenvalue weighted by atomic mass is 19.4. The normalized spacial score (nSPS) is 11.3. The van der Waals surface area contributed by atoms with Gasteiger partial charge in [-0.1, -0.05) is 30.3 Å². The summed E-state index contributed by atoms with van der Waals surface area (Å²) in [6.07, 6.45) is -4.51. The molecule has 0 radical (unpaired) electrons. The Hall–Kier alpha value is -2.09. The predicted octanol–water partition coefficient (Wildman–Crippen LogP) is 1.51. The lowest BCUT2D eigenvalue weighted by Crippen LogP contribution is -2.46. The molecule has 0 aliphatic carbocycles. The first-order chi connectivity index (χ1) is 9.76. The van der Waals surface area contributed by atoms with E-state index >= 15 is 0 Å². The molecule has 8 heteroatoms. The maximum absolute atomic E-state index is 11.9. The minimum Gasteiger partial charge on any atom is -0.329 e. The Balaban J connectivity index is 2.31. The molecule has 0 spiro atoms. The zero-order valence-electron chi connectivity index (χ0n) is 11.4. The summed E-state index contributed by atoms with van der Waals surface area (Å²) in [4.78, 5) is 24.2. The van der Waals surface area contributed by atoms with Gasteiger partial charge in [0, 0.05) is 6.54 Å². The summed E-state index contributed by atoms with van der Waals surface area (Å²) in [5.74, 6) is -0.673. The van der Waals surface area contributed by atoms with E-state index in [4.69, 9.17) is 0 Å². The van der Waals surface area contributed by atoms with Gasteiger partial charge in [0.15, 0.2) is 0 Å². The van der Waals surface area contributed by atoms with Crippen LogP contribution in [0, 0.1) is 0 Å². The number of carbonyl (C=O) groups is 2. The van der Waals surface area contributed by atoms with Crippen LogP contribution in [0.4, 0.5) is 18.0 Å². The Morgan fingerprint density at radius 2 is 1.81 bits per heavy atom. The molecule has 21 heavy (non-hydrogen) atoms. The molecule has 0 aliphatic heterocycles. The summed E-state index contributed by atoms with van der Waals surface area (Å²) >= 11 is 0. The fourth-order valence-electron chi connectivity index (χ4n) is 1.59. The van der Waals surface area contributed by atoms with Gasteiger partial charge in [-0.15, -0.1) is 0 Å². The van der Waals surface area contributed by atoms with Crippen LogP contribution in [0.1, 0.15) is 5.56 Å². The van der Waals surface area contributed by atoms with E-state index in [9.17, 15) is 22.8 Å². The average Bonchev–Trinajstić information content (AvgIpc) is 2.36. The molecule has 0 saturated carbocycles. The third kappa shape index (κ3) is 7.93. The molecule has 0 saturated heterocycles. The molecule has 2 N–H and O–H groups in total. The number of halogens is 3. The number of imide groups is 1. The van der Waals surface area contributed by atoms with Gasteiger partial charge in [-0.25, -0.2) is 4.79 Å². The van der Waals surface area contributed by atoms with Crippen LogP contribution in [0.2, 0.25) is 0 Å². The smallest absolute Gasteiger partial charge is 0.329 e. The van der Waals surface area contributed by atoms with Crippen molar-refractivity contribution in [3.63, 3.8) is 0 Å². The lowest BCUT2D eigenvalue weighted by Gasteiger charge is -2.16. The van der Waals surface area contributed by atoms with E-state index in [0.29, 0.717) is 6.54 Å². The van der Waals surface area contributed by atoms with E-state index in [2.05, 4.69) is 0 Å². The minimum atomic E-state index is -4.51. The fourth-order valence-corrected chi connectivity index (χ4v) is 1.59. The van der Waals surface area contributed by atoms with E-state index in [1.807, 2.05) is 35.6 Å². The van der Waals surface area contributed by atoms with Gasteiger partial charge in [-0.2, -0.15) is 13.2 Å². The molecule has 1 rings (SSSR count). The second-order valence-corrected chi connectivity index (χ2v) is 4.50. The molecule has 1 aromatic carbocycles. The van der Waals surface area contributed by atoms with E-state index in [1.165, 1.54) is 0 Å². The van der Waals surface area contributed by atoms with Crippen molar-refractivity contribution in [3.05, 3.63) is 35.9 Å². The average molecular weight is 303 g/mol. The van der Waals surface area contributed by atoms with E-state index < -0.39 is 24.7 Å². The quantitative estimate of drug-likeness (QED) is 0.867. The minimum absolute atomic E-state index is 0.103. The van der Waals surface area contributed by atoms with Gasteiger partial charge in [-0.3, -0.25) is 15.0 Å². The largest absolute Gasteiger partial charge is 0.405 e. The summed E-state index contributed by atoms with van der Waals surface area (Å²) in [7, 11) is 1.67. The van der Waals surface area contributed by atoms with Crippen molar-refractivity contribution in [3.8, 4) is 0 Å². The Morgan fingerprint density at radius 1 is 1.19 bits per heavy atom. The molecule has 0 heterocycles. The van der Waals surface area contributed by atoms with Crippen LogP contribution < -0.4 is 10.6 Å². The van der Waals surface area contributed by atoms with Gasteiger partial charge in [0.2, 0.25) is 5.91 Å². The zero-order chi connectivity index (χ0) is 15.9. The first-order valence-electron chi connectivity index (χ1n) is 6.13. The molecule has 0 unspecified atom stereocenters. The van der Waals surface area contributed by atoms with Crippen molar-refractivity contribution in [1.82, 2.24) is 15.5 Å². The summed E-state index contributed by atoms with van der Waals surface area (Å²) < 4.78 is 35.6. The Bertz CT molecular complexity index is 477. The van der Waals surface area contributed by atoms with Crippen LogP contribution in [0.3, 0.4) is 0 Å². The maximum atomic E-state index is 11.9. The number of hydrogen-bond donors (Lipinski definition) is 2. The molecular formula is C13H16F3N3O2. The van der Waals surface area contributed by atoms with Crippen molar-refractivity contribution in [2.24, 2.45) is 0 Å². The number of amides is 3. The number of nitrogens with one attached hydrogen (secondary N) is 2. The highest BCUT2D eigenvalue weighted by molar-refractivity contribution is 5.95. The molecule has 116 valence electrons. The number of benzene rings is 1. The number of alkyl halides is 3. The van der Waals surface area contributed by atoms with Crippen molar-refractivity contribution < 1.29 is 22.8 Å². The second kappa shape index (κ2) is 7.63. The summed E-state index contributed by atoms with van der Waals surface area (Å²) in [6.45, 7) is -1.10. The Labute approximate surface area is 120 Å². The SMILES string of the molecule is CN(CC(=O)NC(=O)NCC(F)(F)F)Cc1ccccc1. The van der Waals surface area contributed by atoms with Crippen LogP contribution in [-0.2, 0) is 11.3 Å². The van der Waals surface area contributed by atoms with Crippen LogP contribution in [0.15, 0.2) is 30.3 Å². The first-order valence-corrected chi connectivity index (χ1v) is 6.13. The second-order valence-electron chi connectivity index (χ2n) is 4.50. The van der Waals surface area contributed by atoms with Crippen molar-refractivity contribution in [2.45, 2.75) is 12.7 Å². The predicted molar refractivity (Wildman–Crippen MR) is 70.4 cm³/mol. The summed E-state index contributed by atoms with van der Waals surface area (Å²) in [6, 6.07) is 8.17. The fraction of sp³-hybridized carbons (Fsp3) is 0.385. The molecule has 3 amide bonds. The van der Waals surface area contributed by atoms with E-state index in [1.54, 1.807) is 17.3 Å². The number of carbonyl (C=O) groups excluding carboxylic acids is 2. The number of hydrogen-bond acceptors (Lipinski definition) is 3. The molecular weight excluding hydrogens is 287 g/mol. The molecule has 0 aliphatic rings. The molecule has 0 aromatic heterocycles. The van der Waals surface area contributed by atoms with Crippen LogP contribution in [-0.4, -0.2) is 43.2 Å². The molecule has 5 nitrogen and oxygen atoms in total. The highest BCUT2D eigenvalue weighted by Crippen LogP contribution is 2.11. The summed E-state index contributed by atoms with van der Waals surface area (Å²) in [5, 5.41) is 3.40. The summed E-state index contributed by atoms with van der Waals surface area (Å²) in [5.41, 5.74) is 0.981. The van der Waals surface area contributed by atoms with Gasteiger partial charge in [0.25, 0.3) is 0 Å². The van der Waals surface area contributed by atoms with E-state index in [0.717, 1.165) is 5.56 Å². The Morgan fingerprint density at radius 3 is 2.38 bits per heavy atom. The van der Waals surface area contributed by atoms with Crippen LogP contribution in [0.25, 0.3) is 0 Å². The van der Waals surface area contributed by atoms with E-state index in [-0.39, 0.29) is 6.54 Å². The van der Waals surface area contributed by atoms with Gasteiger partial charge in [0.1, 0.15) is 6.54 Å². The van der Waals surface area contributed by atoms with Gasteiger partial charge in [-0.05, 0) is 12.6 Å². The third-order valence-electron chi connectivity index (χ3n) is 2.41. The highest BCUT2D eigenvalue weighted by Gasteiger charge is 2.27. The number of rotatable bonds is 5. The van der Waals surface area contributed by atoms with Gasteiger partial charge >= 0.3 is 12.2 Å². The number of likely N-dealkylation sites (N-methyl/N-ethyl adjacent to an activating group) is 1. The van der Waals surface area contributed by atoms with Crippen molar-refractivity contribution in [1.29, 1.82) is 0 Å². The maximum Gasteiger partial charge on any atom is 0.405 e. The molecule has 0 bridgehead atoms. The zero-order valence-corrected chi connectivity index (χ0v) is 11.4. The lowest BCUT2D eigenvalue weighted by atomic mass is 10.2. The molecule has 0 fully saturated rings. The number of urea groups is 1. The standard InChI is InChI=1S/C13H16F3N3O2/c1-19(7-10-5-3-2-4-6-10)8-11(20)18-12(21)17-9-13(14,15)16/h2-6H,7-9H2,1H3,(H2,17,18,20,21). The van der Waals surface area contributed by atoms with Gasteiger partial charge < -0.3 is 5.32 Å².